The maximum absolute atomic E-state index is 15.1. The van der Waals surface area contributed by atoms with E-state index in [9.17, 15) is 28.8 Å². The van der Waals surface area contributed by atoms with E-state index in [-0.39, 0.29) is 75.5 Å². The van der Waals surface area contributed by atoms with Crippen molar-refractivity contribution in [2.24, 2.45) is 22.2 Å². The van der Waals surface area contributed by atoms with E-state index in [1.807, 2.05) is 36.5 Å². The molecule has 82 heavy (non-hydrogen) atoms. The Labute approximate surface area is 485 Å². The number of carbonyl (C=O) groups is 8. The number of fused-ring (bicyclic) bond motifs is 6. The van der Waals surface area contributed by atoms with Crippen LogP contribution in [0.4, 0.5) is 0 Å². The molecule has 0 radical (unpaired) electrons. The molecule has 8 amide bonds. The smallest absolute Gasteiger partial charge is 0.258 e. The van der Waals surface area contributed by atoms with E-state index in [0.29, 0.717) is 42.1 Å². The minimum absolute atomic E-state index is 0.00351. The highest BCUT2D eigenvalue weighted by atomic mass is 33.1. The number of nitrogens with zero attached hydrogens (tertiary/aromatic N) is 4. The van der Waals surface area contributed by atoms with Crippen molar-refractivity contribution in [1.29, 1.82) is 0 Å². The molecule has 3 fully saturated rings. The lowest BCUT2D eigenvalue weighted by molar-refractivity contribution is -0.137. The van der Waals surface area contributed by atoms with Gasteiger partial charge in [0, 0.05) is 78.2 Å². The Bertz CT molecular complexity index is 3000. The lowest BCUT2D eigenvalue weighted by Crippen LogP contribution is -2.62. The average molecular weight is 1180 g/mol. The molecular formula is C53H70N18O8S3. The van der Waals surface area contributed by atoms with Crippen LogP contribution in [-0.4, -0.2) is 167 Å². The van der Waals surface area contributed by atoms with E-state index in [1.54, 1.807) is 30.5 Å². The summed E-state index contributed by atoms with van der Waals surface area (Å²) in [6.45, 7) is 0.418. The third-order valence-corrected chi connectivity index (χ3v) is 17.6. The van der Waals surface area contributed by atoms with Gasteiger partial charge in [-0.05, 0) is 68.7 Å². The topological polar surface area (TPSA) is 400 Å². The van der Waals surface area contributed by atoms with Crippen LogP contribution in [0.1, 0.15) is 61.0 Å². The first-order chi connectivity index (χ1) is 39.7. The number of guanidine groups is 1. The molecule has 29 heteroatoms. The number of amides is 8. The van der Waals surface area contributed by atoms with Crippen molar-refractivity contribution in [3.63, 3.8) is 0 Å². The molecule has 5 aromatic rings. The van der Waals surface area contributed by atoms with Gasteiger partial charge in [-0.15, -0.1) is 11.8 Å². The molecular weight excluding hydrogens is 1110 g/mol. The van der Waals surface area contributed by atoms with E-state index in [1.165, 1.54) is 35.5 Å². The molecule has 9 atom stereocenters. The number of H-pyrrole nitrogens is 3. The van der Waals surface area contributed by atoms with Crippen molar-refractivity contribution < 1.29 is 38.4 Å². The molecule has 26 nitrogen and oxygen atoms in total. The number of aromatic amines is 3. The summed E-state index contributed by atoms with van der Waals surface area (Å²) in [5, 5.41) is 23.0. The van der Waals surface area contributed by atoms with Crippen molar-refractivity contribution in [3.05, 3.63) is 108 Å². The highest BCUT2D eigenvalue weighted by molar-refractivity contribution is 8.77. The van der Waals surface area contributed by atoms with Crippen LogP contribution in [0.15, 0.2) is 90.8 Å². The zero-order chi connectivity index (χ0) is 58.0. The molecule has 438 valence electrons. The Morgan fingerprint density at radius 2 is 1.20 bits per heavy atom. The number of nitrogens with one attached hydrogen (secondary N) is 11. The summed E-state index contributed by atoms with van der Waals surface area (Å²) in [5.41, 5.74) is 20.4. The van der Waals surface area contributed by atoms with Crippen LogP contribution in [0.2, 0.25) is 0 Å². The lowest BCUT2D eigenvalue weighted by Gasteiger charge is -2.32. The van der Waals surface area contributed by atoms with Crippen LogP contribution in [0.5, 0.6) is 0 Å². The van der Waals surface area contributed by atoms with Gasteiger partial charge in [0.25, 0.3) is 5.91 Å². The number of imidazole rings is 2. The van der Waals surface area contributed by atoms with Gasteiger partial charge in [0.1, 0.15) is 36.3 Å². The monoisotopic (exact) mass is 1180 g/mol. The molecule has 2 aromatic carbocycles. The molecule has 17 N–H and O–H groups in total. The fourth-order valence-corrected chi connectivity index (χ4v) is 13.2. The molecule has 6 heterocycles. The Morgan fingerprint density at radius 1 is 0.610 bits per heavy atom. The molecule has 3 aromatic heterocycles. The summed E-state index contributed by atoms with van der Waals surface area (Å²) in [6.07, 6.45) is 8.41. The second-order valence-electron chi connectivity index (χ2n) is 20.1. The highest BCUT2D eigenvalue weighted by Crippen LogP contribution is 2.31. The average Bonchev–Trinajstić information content (AvgIpc) is 4.36. The van der Waals surface area contributed by atoms with E-state index in [0.717, 1.165) is 38.1 Å². The van der Waals surface area contributed by atoms with Crippen molar-refractivity contribution in [2.45, 2.75) is 118 Å². The minimum atomic E-state index is -1.39. The molecule has 3 aliphatic rings. The Hall–Kier alpha value is -7.60. The van der Waals surface area contributed by atoms with Crippen LogP contribution < -0.4 is 59.7 Å². The minimum Gasteiger partial charge on any atom is -0.370 e. The van der Waals surface area contributed by atoms with Crippen LogP contribution in [0.25, 0.3) is 10.9 Å². The molecule has 0 aliphatic carbocycles. The van der Waals surface area contributed by atoms with E-state index >= 15 is 9.59 Å². The second-order valence-corrected chi connectivity index (χ2v) is 23.6. The normalized spacial score (nSPS) is 24.7. The number of thioether (sulfide) groups is 1. The predicted octanol–water partition coefficient (Wildman–Crippen LogP) is -0.966. The molecule has 0 saturated carbocycles. The van der Waals surface area contributed by atoms with Gasteiger partial charge in [-0.3, -0.25) is 48.7 Å². The summed E-state index contributed by atoms with van der Waals surface area (Å²) in [7, 11) is 1.95. The summed E-state index contributed by atoms with van der Waals surface area (Å²) in [4.78, 5) is 142. The number of unbranched alkanes of at least 4 members (excludes halogenated alkanes) is 1. The summed E-state index contributed by atoms with van der Waals surface area (Å²) in [5.74, 6) is -5.54. The van der Waals surface area contributed by atoms with E-state index in [2.05, 4.69) is 72.4 Å². The third kappa shape index (κ3) is 17.0. The van der Waals surface area contributed by atoms with Gasteiger partial charge in [-0.25, -0.2) is 9.97 Å². The Kier molecular flexibility index (Phi) is 22.1. The molecule has 0 spiro atoms. The van der Waals surface area contributed by atoms with Crippen molar-refractivity contribution >= 4 is 97.5 Å². The highest BCUT2D eigenvalue weighted by Gasteiger charge is 2.41. The zero-order valence-electron chi connectivity index (χ0n) is 44.9. The summed E-state index contributed by atoms with van der Waals surface area (Å²) >= 11 is 1.40. The van der Waals surface area contributed by atoms with Crippen LogP contribution in [-0.2, 0) is 64.0 Å². The first-order valence-corrected chi connectivity index (χ1v) is 30.6. The standard InChI is InChI=1S/C53H70N18O8S3/c54-17-7-6-13-36-44(72)64-37(14-8-18-59-53(55)56)46(74)70-51-52(79)71-29-80-26-43(71)63-40(20-32-23-57-27-61-32)48(76)67-39(19-30-9-2-1-3-10-30)47(75)68-41(21-33-24-58-28-62-33)49(77)66-38(45(73)69-42(25-81-82-51)50(78)65-36)16-15-31-22-60-35-12-5-4-11-34(31)35/h1-5,9-12,22-24,27-28,36-43,51,60,63H,6-8,13-21,25-26,29,54H2,(H,57,61)(H,58,62)(H,64,72)(H,65,78)(H,66,77)(H,67,76)(H,68,75)(H,69,73)(H,70,74)(H4,55,56,59)/t36-,37-,38-,39+,40-,41-,42-,43-,51?/m0/s1. The molecule has 1 unspecified atom stereocenters. The largest absolute Gasteiger partial charge is 0.370 e. The fraction of sp³-hybridized carbons (Fsp3) is 0.453. The number of aliphatic imine (C=N–C) groups is 1. The van der Waals surface area contributed by atoms with Crippen LogP contribution >= 0.6 is 33.3 Å². The predicted molar refractivity (Wildman–Crippen MR) is 313 cm³/mol. The number of carbonyl (C=O) groups excluding carboxylic acids is 8. The maximum Gasteiger partial charge on any atom is 0.258 e. The fourth-order valence-electron chi connectivity index (χ4n) is 9.70. The number of nitrogens with two attached hydrogens (primary N) is 3. The van der Waals surface area contributed by atoms with Crippen molar-refractivity contribution in [1.82, 2.24) is 72.4 Å². The van der Waals surface area contributed by atoms with Crippen molar-refractivity contribution in [3.8, 4) is 0 Å². The van der Waals surface area contributed by atoms with Crippen LogP contribution in [0, 0.1) is 0 Å². The van der Waals surface area contributed by atoms with Gasteiger partial charge in [0.05, 0.1) is 30.7 Å². The maximum atomic E-state index is 15.1. The number of aryl methyl sites for hydroxylation is 1. The van der Waals surface area contributed by atoms with E-state index < -0.39 is 101 Å². The SMILES string of the molecule is NCCCC[C@@H]1NC(=O)[C@@H]2CSSC(NC(=O)[C@H](CCCN=C(N)N)NC1=O)C(=O)N1CSC[C@H]1N[C@@H](Cc1cnc[nH]1)C(=O)N[C@H](Cc1ccccc1)C(=O)N[C@@H](Cc1cnc[nH]1)C(=O)N[C@@H](CCc1c[nH]c3ccccc13)C(=O)N2. The molecule has 3 aliphatic heterocycles. The van der Waals surface area contributed by atoms with Gasteiger partial charge in [-0.1, -0.05) is 70.1 Å². The molecule has 2 bridgehead atoms. The first kappa shape index (κ1) is 60.5. The molecule has 8 rings (SSSR count). The molecule has 3 saturated heterocycles. The number of hydrogen-bond donors (Lipinski definition) is 14. The zero-order valence-corrected chi connectivity index (χ0v) is 47.3. The van der Waals surface area contributed by atoms with Gasteiger partial charge in [0.2, 0.25) is 41.4 Å². The number of para-hydroxylation sites is 1. The third-order valence-electron chi connectivity index (χ3n) is 14.1. The van der Waals surface area contributed by atoms with Gasteiger partial charge < -0.3 is 74.3 Å². The number of hydrogen-bond acceptors (Lipinski definition) is 16. The summed E-state index contributed by atoms with van der Waals surface area (Å²) < 4.78 is 0. The quantitative estimate of drug-likeness (QED) is 0.0231. The lowest BCUT2D eigenvalue weighted by atomic mass is 10.0. The Morgan fingerprint density at radius 3 is 1.88 bits per heavy atom. The van der Waals surface area contributed by atoms with Crippen molar-refractivity contribution in [2.75, 3.05) is 30.5 Å². The Balaban J connectivity index is 1.21. The van der Waals surface area contributed by atoms with Gasteiger partial charge in [-0.2, -0.15) is 0 Å². The van der Waals surface area contributed by atoms with E-state index in [4.69, 9.17) is 17.2 Å². The number of rotatable bonds is 17. The summed E-state index contributed by atoms with van der Waals surface area (Å²) in [6, 6.07) is 7.69. The van der Waals surface area contributed by atoms with Crippen LogP contribution in [0.3, 0.4) is 0 Å². The first-order valence-electron chi connectivity index (χ1n) is 27.1. The van der Waals surface area contributed by atoms with Gasteiger partial charge >= 0.3 is 0 Å². The number of benzene rings is 2. The second kappa shape index (κ2) is 29.9. The number of aromatic nitrogens is 5. The van der Waals surface area contributed by atoms with Gasteiger partial charge in [0.15, 0.2) is 11.3 Å².